The zero-order valence-corrected chi connectivity index (χ0v) is 51.6. The SMILES string of the molecule is CC/C=C\C/C=C\C/C=C\C/C=C\C/C=C\C/C=C\CCCCC(=O)OC(COC(=O)CCCCCC/C=C\C/C=C\C/C=C\C/C=C\CC)COC(=O)CCCCCCCCCCCCCCCCCCCCCCCCC. The monoisotopic (exact) mass is 1090 g/mol. The lowest BCUT2D eigenvalue weighted by molar-refractivity contribution is -0.167. The first-order valence-electron chi connectivity index (χ1n) is 33.0. The third-order valence-electron chi connectivity index (χ3n) is 14.0. The summed E-state index contributed by atoms with van der Waals surface area (Å²) in [7, 11) is 0. The molecule has 0 aliphatic heterocycles. The van der Waals surface area contributed by atoms with Gasteiger partial charge in [0.2, 0.25) is 0 Å². The van der Waals surface area contributed by atoms with Crippen molar-refractivity contribution in [3.63, 3.8) is 0 Å². The number of ether oxygens (including phenoxy) is 3. The summed E-state index contributed by atoms with van der Waals surface area (Å²) in [6, 6.07) is 0. The van der Waals surface area contributed by atoms with Crippen LogP contribution in [0.5, 0.6) is 0 Å². The third kappa shape index (κ3) is 64.5. The molecule has 1 unspecified atom stereocenters. The van der Waals surface area contributed by atoms with E-state index in [1.807, 2.05) is 0 Å². The van der Waals surface area contributed by atoms with Gasteiger partial charge in [-0.1, -0.05) is 296 Å². The van der Waals surface area contributed by atoms with Gasteiger partial charge in [0.1, 0.15) is 13.2 Å². The van der Waals surface area contributed by atoms with E-state index in [0.717, 1.165) is 128 Å². The minimum absolute atomic E-state index is 0.104. The maximum atomic E-state index is 12.9. The van der Waals surface area contributed by atoms with E-state index in [1.54, 1.807) is 0 Å². The van der Waals surface area contributed by atoms with Crippen molar-refractivity contribution < 1.29 is 28.6 Å². The lowest BCUT2D eigenvalue weighted by Crippen LogP contribution is -2.30. The fraction of sp³-hybridized carbons (Fsp3) is 0.685. The summed E-state index contributed by atoms with van der Waals surface area (Å²) in [5.74, 6) is -0.965. The summed E-state index contributed by atoms with van der Waals surface area (Å²) in [5, 5.41) is 0. The third-order valence-corrected chi connectivity index (χ3v) is 14.0. The molecule has 0 bridgehead atoms. The second kappa shape index (κ2) is 66.3. The summed E-state index contributed by atoms with van der Waals surface area (Å²) in [6.45, 7) is 6.39. The minimum Gasteiger partial charge on any atom is -0.462 e. The number of carbonyl (C=O) groups excluding carboxylic acids is 3. The van der Waals surface area contributed by atoms with Gasteiger partial charge in [0.05, 0.1) is 0 Å². The zero-order chi connectivity index (χ0) is 57.1. The lowest BCUT2D eigenvalue weighted by atomic mass is 10.0. The van der Waals surface area contributed by atoms with Crippen LogP contribution in [-0.2, 0) is 28.6 Å². The Hall–Kier alpha value is -4.19. The van der Waals surface area contributed by atoms with Crippen molar-refractivity contribution in [3.8, 4) is 0 Å². The van der Waals surface area contributed by atoms with E-state index in [9.17, 15) is 14.4 Å². The highest BCUT2D eigenvalue weighted by atomic mass is 16.6. The van der Waals surface area contributed by atoms with E-state index in [2.05, 4.69) is 142 Å². The van der Waals surface area contributed by atoms with E-state index < -0.39 is 6.10 Å². The van der Waals surface area contributed by atoms with Gasteiger partial charge in [-0.3, -0.25) is 14.4 Å². The number of rotatable bonds is 59. The molecule has 0 radical (unpaired) electrons. The molecule has 1 atom stereocenters. The van der Waals surface area contributed by atoms with Crippen LogP contribution < -0.4 is 0 Å². The molecule has 450 valence electrons. The maximum absolute atomic E-state index is 12.9. The Kier molecular flexibility index (Phi) is 62.8. The van der Waals surface area contributed by atoms with Gasteiger partial charge in [0.25, 0.3) is 0 Å². The van der Waals surface area contributed by atoms with Crippen molar-refractivity contribution in [2.75, 3.05) is 13.2 Å². The quantitative estimate of drug-likeness (QED) is 0.0261. The molecular weight excluding hydrogens is 973 g/mol. The van der Waals surface area contributed by atoms with Gasteiger partial charge in [0.15, 0.2) is 6.10 Å². The van der Waals surface area contributed by atoms with Crippen LogP contribution in [0.1, 0.15) is 303 Å². The average molecular weight is 1100 g/mol. The first-order chi connectivity index (χ1) is 39.0. The number of unbranched alkanes of at least 4 members (excludes halogenated alkanes) is 28. The van der Waals surface area contributed by atoms with E-state index in [4.69, 9.17) is 14.2 Å². The van der Waals surface area contributed by atoms with Crippen LogP contribution in [0.15, 0.2) is 122 Å². The number of hydrogen-bond donors (Lipinski definition) is 0. The van der Waals surface area contributed by atoms with Gasteiger partial charge >= 0.3 is 17.9 Å². The molecule has 0 rings (SSSR count). The first-order valence-corrected chi connectivity index (χ1v) is 33.0. The number of hydrogen-bond acceptors (Lipinski definition) is 6. The van der Waals surface area contributed by atoms with Crippen molar-refractivity contribution in [3.05, 3.63) is 122 Å². The van der Waals surface area contributed by atoms with E-state index >= 15 is 0 Å². The predicted octanol–water partition coefficient (Wildman–Crippen LogP) is 22.8. The number of allylic oxidation sites excluding steroid dienone is 20. The minimum atomic E-state index is -0.816. The van der Waals surface area contributed by atoms with Gasteiger partial charge in [-0.2, -0.15) is 0 Å². The summed E-state index contributed by atoms with van der Waals surface area (Å²) >= 11 is 0. The lowest BCUT2D eigenvalue weighted by Gasteiger charge is -2.18. The van der Waals surface area contributed by atoms with Crippen LogP contribution >= 0.6 is 0 Å². The van der Waals surface area contributed by atoms with Crippen molar-refractivity contribution in [2.24, 2.45) is 0 Å². The van der Waals surface area contributed by atoms with Crippen LogP contribution in [0, 0.1) is 0 Å². The van der Waals surface area contributed by atoms with Crippen molar-refractivity contribution in [1.29, 1.82) is 0 Å². The van der Waals surface area contributed by atoms with Gasteiger partial charge in [-0.15, -0.1) is 0 Å². The molecule has 0 heterocycles. The number of esters is 3. The van der Waals surface area contributed by atoms with Gasteiger partial charge in [0, 0.05) is 19.3 Å². The first kappa shape index (κ1) is 74.8. The van der Waals surface area contributed by atoms with Crippen LogP contribution in [0.3, 0.4) is 0 Å². The normalized spacial score (nSPS) is 12.9. The predicted molar refractivity (Wildman–Crippen MR) is 343 cm³/mol. The Morgan fingerprint density at radius 3 is 0.797 bits per heavy atom. The largest absolute Gasteiger partial charge is 0.462 e. The average Bonchev–Trinajstić information content (AvgIpc) is 3.45. The fourth-order valence-electron chi connectivity index (χ4n) is 9.09. The highest BCUT2D eigenvalue weighted by Gasteiger charge is 2.19. The Morgan fingerprint density at radius 1 is 0.266 bits per heavy atom. The molecule has 6 heteroatoms. The molecule has 0 N–H and O–H groups in total. The Labute approximate surface area is 488 Å². The highest BCUT2D eigenvalue weighted by Crippen LogP contribution is 2.17. The Balaban J connectivity index is 4.46. The number of carbonyl (C=O) groups is 3. The molecule has 79 heavy (non-hydrogen) atoms. The molecule has 0 aliphatic rings. The molecular formula is C73H122O6. The van der Waals surface area contributed by atoms with Crippen molar-refractivity contribution >= 4 is 17.9 Å². The topological polar surface area (TPSA) is 78.9 Å². The molecule has 0 amide bonds. The summed E-state index contributed by atoms with van der Waals surface area (Å²) < 4.78 is 16.9. The summed E-state index contributed by atoms with van der Waals surface area (Å²) in [5.41, 5.74) is 0. The van der Waals surface area contributed by atoms with Crippen molar-refractivity contribution in [2.45, 2.75) is 309 Å². The van der Waals surface area contributed by atoms with Gasteiger partial charge in [-0.05, 0) is 109 Å². The molecule has 0 spiro atoms. The van der Waals surface area contributed by atoms with Crippen LogP contribution in [-0.4, -0.2) is 37.2 Å². The molecule has 0 aromatic heterocycles. The summed E-state index contributed by atoms with van der Waals surface area (Å²) in [6.07, 6.45) is 92.1. The second-order valence-electron chi connectivity index (χ2n) is 21.6. The van der Waals surface area contributed by atoms with E-state index in [0.29, 0.717) is 19.3 Å². The van der Waals surface area contributed by atoms with E-state index in [1.165, 1.54) is 128 Å². The molecule has 0 saturated carbocycles. The second-order valence-corrected chi connectivity index (χ2v) is 21.6. The van der Waals surface area contributed by atoms with Crippen LogP contribution in [0.4, 0.5) is 0 Å². The summed E-state index contributed by atoms with van der Waals surface area (Å²) in [4.78, 5) is 38.4. The molecule has 0 aliphatic carbocycles. The van der Waals surface area contributed by atoms with Crippen molar-refractivity contribution in [1.82, 2.24) is 0 Å². The highest BCUT2D eigenvalue weighted by molar-refractivity contribution is 5.71. The molecule has 0 saturated heterocycles. The maximum Gasteiger partial charge on any atom is 0.306 e. The van der Waals surface area contributed by atoms with Gasteiger partial charge in [-0.25, -0.2) is 0 Å². The van der Waals surface area contributed by atoms with Gasteiger partial charge < -0.3 is 14.2 Å². The van der Waals surface area contributed by atoms with E-state index in [-0.39, 0.29) is 37.5 Å². The smallest absolute Gasteiger partial charge is 0.306 e. The van der Waals surface area contributed by atoms with Crippen LogP contribution in [0.2, 0.25) is 0 Å². The standard InChI is InChI=1S/C73H122O6/c1-4-7-10-13-16-19-22-25-28-31-33-35-36-38-39-42-45-48-51-54-57-60-63-66-72(75)78-69-70(68-77-71(74)65-62-59-56-53-50-47-44-41-30-27-24-21-18-15-12-9-6-3)79-73(76)67-64-61-58-55-52-49-46-43-40-37-34-32-29-26-23-20-17-14-11-8-5-2/h8-9,11-12,17-18,20-21,26-27,29-30,34,37,43-44,46-47,52,55,70H,4-7,10,13-16,19,22-25,28,31-33,35-36,38-42,45,48-51,53-54,56-69H2,1-3H3/b11-8-,12-9-,20-17-,21-18-,29-26-,30-27-,37-34-,46-43-,47-44-,55-52-. The molecule has 0 aromatic rings. The Bertz CT molecular complexity index is 1640. The molecule has 6 nitrogen and oxygen atoms in total. The van der Waals surface area contributed by atoms with Crippen LogP contribution in [0.25, 0.3) is 0 Å². The molecule has 0 aromatic carbocycles. The fourth-order valence-corrected chi connectivity index (χ4v) is 9.09. The zero-order valence-electron chi connectivity index (χ0n) is 51.6. The Morgan fingerprint density at radius 2 is 0.494 bits per heavy atom. The molecule has 0 fully saturated rings.